The van der Waals surface area contributed by atoms with Crippen molar-refractivity contribution in [1.82, 2.24) is 9.78 Å². The monoisotopic (exact) mass is 404 g/mol. The molecule has 0 aliphatic rings. The highest BCUT2D eigenvalue weighted by molar-refractivity contribution is 5.90. The van der Waals surface area contributed by atoms with E-state index in [0.717, 1.165) is 19.3 Å². The molecule has 2 rings (SSSR count). The van der Waals surface area contributed by atoms with Gasteiger partial charge in [0.2, 0.25) is 0 Å². The number of hydrogen-bond acceptors (Lipinski definition) is 3. The van der Waals surface area contributed by atoms with Crippen LogP contribution in [0.4, 0.5) is 4.39 Å². The summed E-state index contributed by atoms with van der Waals surface area (Å²) < 4.78 is 21.4. The van der Waals surface area contributed by atoms with Crippen molar-refractivity contribution in [2.75, 3.05) is 7.11 Å². The summed E-state index contributed by atoms with van der Waals surface area (Å²) in [6, 6.07) is 6.33. The summed E-state index contributed by atoms with van der Waals surface area (Å²) in [5.74, 6) is -1.29. The van der Waals surface area contributed by atoms with Crippen molar-refractivity contribution in [3.8, 4) is 5.69 Å². The Morgan fingerprint density at radius 2 is 1.93 bits per heavy atom. The minimum Gasteiger partial charge on any atom is -0.478 e. The number of para-hydroxylation sites is 1. The largest absolute Gasteiger partial charge is 0.478 e. The summed E-state index contributed by atoms with van der Waals surface area (Å²) in [5, 5.41) is 14.5. The van der Waals surface area contributed by atoms with Crippen molar-refractivity contribution in [1.29, 1.82) is 0 Å². The van der Waals surface area contributed by atoms with Crippen LogP contribution in [0.25, 0.3) is 5.69 Å². The van der Waals surface area contributed by atoms with Crippen molar-refractivity contribution in [2.24, 2.45) is 5.92 Å². The van der Waals surface area contributed by atoms with Crippen LogP contribution in [0.2, 0.25) is 0 Å². The van der Waals surface area contributed by atoms with E-state index in [9.17, 15) is 14.3 Å². The topological polar surface area (TPSA) is 64.4 Å². The third kappa shape index (κ3) is 5.66. The number of rotatable bonds is 10. The van der Waals surface area contributed by atoms with Crippen LogP contribution in [0.5, 0.6) is 0 Å². The van der Waals surface area contributed by atoms with Gasteiger partial charge in [0.25, 0.3) is 0 Å². The van der Waals surface area contributed by atoms with Gasteiger partial charge in [-0.25, -0.2) is 13.9 Å². The molecule has 160 valence electrons. The molecule has 1 aromatic carbocycles. The highest BCUT2D eigenvalue weighted by atomic mass is 19.1. The standard InChI is InChI=1S/C23H33FN2O3/c1-15(2)21-20(22(27)28)18(14-16(3)10-9-13-23(4,5)29-6)25-26(21)19-12-8-7-11-17(19)24/h7-8,11-12,15-16H,9-10,13-14H2,1-6H3,(H,27,28). The smallest absolute Gasteiger partial charge is 0.339 e. The van der Waals surface area contributed by atoms with Crippen LogP contribution in [-0.2, 0) is 11.2 Å². The maximum absolute atomic E-state index is 14.4. The van der Waals surface area contributed by atoms with E-state index < -0.39 is 11.8 Å². The lowest BCUT2D eigenvalue weighted by atomic mass is 9.92. The predicted molar refractivity (Wildman–Crippen MR) is 112 cm³/mol. The van der Waals surface area contributed by atoms with Crippen LogP contribution in [-0.4, -0.2) is 33.6 Å². The molecule has 0 radical (unpaired) electrons. The summed E-state index contributed by atoms with van der Waals surface area (Å²) in [4.78, 5) is 12.1. The fraction of sp³-hybridized carbons (Fsp3) is 0.565. The number of carboxylic acids is 1. The Labute approximate surface area is 172 Å². The lowest BCUT2D eigenvalue weighted by molar-refractivity contribution is 0.0127. The molecule has 1 unspecified atom stereocenters. The van der Waals surface area contributed by atoms with Crippen molar-refractivity contribution in [2.45, 2.75) is 71.8 Å². The molecule has 0 fully saturated rings. The molecular formula is C23H33FN2O3. The van der Waals surface area contributed by atoms with Gasteiger partial charge in [0.05, 0.1) is 17.0 Å². The number of carboxylic acid groups (broad SMARTS) is 1. The SMILES string of the molecule is COC(C)(C)CCCC(C)Cc1nn(-c2ccccc2F)c(C(C)C)c1C(=O)O. The normalized spacial score (nSPS) is 13.1. The van der Waals surface area contributed by atoms with Gasteiger partial charge in [0.1, 0.15) is 17.1 Å². The Morgan fingerprint density at radius 1 is 1.28 bits per heavy atom. The number of benzene rings is 1. The first-order valence-corrected chi connectivity index (χ1v) is 10.2. The first-order valence-electron chi connectivity index (χ1n) is 10.2. The number of nitrogens with zero attached hydrogens (tertiary/aromatic N) is 2. The third-order valence-corrected chi connectivity index (χ3v) is 5.41. The number of aromatic carboxylic acids is 1. The number of hydrogen-bond donors (Lipinski definition) is 1. The van der Waals surface area contributed by atoms with E-state index in [2.05, 4.69) is 25.9 Å². The molecule has 5 nitrogen and oxygen atoms in total. The van der Waals surface area contributed by atoms with Gasteiger partial charge in [-0.3, -0.25) is 0 Å². The second-order valence-corrected chi connectivity index (χ2v) is 8.70. The average Bonchev–Trinajstić information content (AvgIpc) is 3.01. The molecule has 2 aromatic rings. The molecule has 0 bridgehead atoms. The molecule has 29 heavy (non-hydrogen) atoms. The van der Waals surface area contributed by atoms with Crippen LogP contribution < -0.4 is 0 Å². The van der Waals surface area contributed by atoms with E-state index >= 15 is 0 Å². The Hall–Kier alpha value is -2.21. The number of aromatic nitrogens is 2. The first kappa shape index (κ1) is 23.1. The van der Waals surface area contributed by atoms with Gasteiger partial charge < -0.3 is 9.84 Å². The van der Waals surface area contributed by atoms with Crippen LogP contribution >= 0.6 is 0 Å². The summed E-state index contributed by atoms with van der Waals surface area (Å²) >= 11 is 0. The molecule has 1 heterocycles. The van der Waals surface area contributed by atoms with Crippen molar-refractivity contribution in [3.05, 3.63) is 47.0 Å². The zero-order chi connectivity index (χ0) is 21.8. The van der Waals surface area contributed by atoms with Gasteiger partial charge in [-0.1, -0.05) is 45.7 Å². The number of methoxy groups -OCH3 is 1. The fourth-order valence-corrected chi connectivity index (χ4v) is 3.61. The van der Waals surface area contributed by atoms with E-state index in [-0.39, 0.29) is 28.7 Å². The number of halogens is 1. The van der Waals surface area contributed by atoms with E-state index in [1.54, 1.807) is 25.3 Å². The third-order valence-electron chi connectivity index (χ3n) is 5.41. The molecule has 0 aliphatic heterocycles. The van der Waals surface area contributed by atoms with Gasteiger partial charge in [-0.05, 0) is 50.7 Å². The maximum Gasteiger partial charge on any atom is 0.339 e. The molecule has 1 N–H and O–H groups in total. The summed E-state index contributed by atoms with van der Waals surface area (Å²) in [5.41, 5.74) is 1.36. The molecule has 0 saturated carbocycles. The highest BCUT2D eigenvalue weighted by Crippen LogP contribution is 2.29. The van der Waals surface area contributed by atoms with E-state index in [1.165, 1.54) is 10.7 Å². The van der Waals surface area contributed by atoms with Crippen molar-refractivity contribution < 1.29 is 19.0 Å². The van der Waals surface area contributed by atoms with E-state index in [4.69, 9.17) is 4.74 Å². The molecule has 0 amide bonds. The Kier molecular flexibility index (Phi) is 7.58. The van der Waals surface area contributed by atoms with Gasteiger partial charge in [0.15, 0.2) is 0 Å². The van der Waals surface area contributed by atoms with Crippen LogP contribution in [0.15, 0.2) is 24.3 Å². The molecule has 1 aromatic heterocycles. The van der Waals surface area contributed by atoms with Gasteiger partial charge in [-0.2, -0.15) is 5.10 Å². The van der Waals surface area contributed by atoms with E-state index in [1.807, 2.05) is 13.8 Å². The predicted octanol–water partition coefficient (Wildman–Crippen LogP) is 5.61. The van der Waals surface area contributed by atoms with Gasteiger partial charge in [-0.15, -0.1) is 0 Å². The van der Waals surface area contributed by atoms with Crippen molar-refractivity contribution in [3.63, 3.8) is 0 Å². The van der Waals surface area contributed by atoms with E-state index in [0.29, 0.717) is 17.8 Å². The van der Waals surface area contributed by atoms with Crippen molar-refractivity contribution >= 4 is 5.97 Å². The molecule has 0 saturated heterocycles. The molecule has 0 aliphatic carbocycles. The number of ether oxygens (including phenoxy) is 1. The zero-order valence-electron chi connectivity index (χ0n) is 18.3. The van der Waals surface area contributed by atoms with Gasteiger partial charge in [0, 0.05) is 7.11 Å². The Morgan fingerprint density at radius 3 is 2.48 bits per heavy atom. The molecule has 0 spiro atoms. The lowest BCUT2D eigenvalue weighted by Gasteiger charge is -2.23. The minimum absolute atomic E-state index is 0.111. The van der Waals surface area contributed by atoms with Crippen LogP contribution in [0.3, 0.4) is 0 Å². The Balaban J connectivity index is 2.33. The first-order chi connectivity index (χ1) is 13.6. The average molecular weight is 405 g/mol. The second-order valence-electron chi connectivity index (χ2n) is 8.70. The fourth-order valence-electron chi connectivity index (χ4n) is 3.61. The summed E-state index contributed by atoms with van der Waals surface area (Å²) in [6.45, 7) is 10.0. The zero-order valence-corrected chi connectivity index (χ0v) is 18.3. The molecular weight excluding hydrogens is 371 g/mol. The van der Waals surface area contributed by atoms with Crippen LogP contribution in [0.1, 0.15) is 81.5 Å². The van der Waals surface area contributed by atoms with Crippen LogP contribution in [0, 0.1) is 11.7 Å². The van der Waals surface area contributed by atoms with Gasteiger partial charge >= 0.3 is 5.97 Å². The highest BCUT2D eigenvalue weighted by Gasteiger charge is 2.28. The second kappa shape index (κ2) is 9.53. The Bertz CT molecular complexity index is 843. The number of carbonyl (C=O) groups is 1. The molecule has 6 heteroatoms. The summed E-state index contributed by atoms with van der Waals surface area (Å²) in [7, 11) is 1.71. The minimum atomic E-state index is -1.01. The molecule has 1 atom stereocenters. The lowest BCUT2D eigenvalue weighted by Crippen LogP contribution is -2.22. The quantitative estimate of drug-likeness (QED) is 0.559. The maximum atomic E-state index is 14.4. The summed E-state index contributed by atoms with van der Waals surface area (Å²) in [6.07, 6.45) is 3.39.